The largest absolute Gasteiger partial charge is 0.0827 e. The highest BCUT2D eigenvalue weighted by atomic mass is 79.9. The van der Waals surface area contributed by atoms with Crippen molar-refractivity contribution < 1.29 is 0 Å². The lowest BCUT2D eigenvalue weighted by molar-refractivity contribution is 0.369. The van der Waals surface area contributed by atoms with Gasteiger partial charge in [-0.2, -0.15) is 0 Å². The smallest absolute Gasteiger partial charge is 0.0535 e. The van der Waals surface area contributed by atoms with E-state index in [4.69, 9.17) is 0 Å². The lowest BCUT2D eigenvalue weighted by atomic mass is 9.64. The van der Waals surface area contributed by atoms with Crippen molar-refractivity contribution in [2.45, 2.75) is 32.3 Å². The topological polar surface area (TPSA) is 0 Å². The number of halogens is 2. The van der Waals surface area contributed by atoms with Gasteiger partial charge in [-0.15, -0.1) is 0 Å². The molecule has 5 rings (SSSR count). The van der Waals surface area contributed by atoms with E-state index in [9.17, 15) is 0 Å². The van der Waals surface area contributed by atoms with Crippen LogP contribution in [-0.4, -0.2) is 8.65 Å². The molecule has 2 heteroatoms. The van der Waals surface area contributed by atoms with Crippen LogP contribution in [0, 0.1) is 0 Å². The van der Waals surface area contributed by atoms with E-state index in [0.717, 1.165) is 0 Å². The van der Waals surface area contributed by atoms with Crippen LogP contribution >= 0.6 is 31.9 Å². The third kappa shape index (κ3) is 0.918. The van der Waals surface area contributed by atoms with Crippen LogP contribution in [0.15, 0.2) is 60.7 Å². The van der Waals surface area contributed by atoms with Crippen LogP contribution in [0.1, 0.15) is 24.0 Å². The Morgan fingerprint density at radius 1 is 0.600 bits per heavy atom. The van der Waals surface area contributed by atoms with E-state index in [1.165, 1.54) is 24.0 Å². The second kappa shape index (κ2) is 3.25. The van der Waals surface area contributed by atoms with Crippen molar-refractivity contribution in [1.82, 2.24) is 0 Å². The standard InChI is InChI=1S/C18H14Br2/c19-17-11-15(17,13-7-3-1-4-8-13)16(12-18(16,17)20)14-9-5-2-6-10-14/h1-10H,11-12H2/t15-,16-,17-,18-/m0/s1. The Morgan fingerprint density at radius 3 is 1.25 bits per heavy atom. The Balaban J connectivity index is 1.73. The van der Waals surface area contributed by atoms with Crippen LogP contribution in [0.4, 0.5) is 0 Å². The minimum Gasteiger partial charge on any atom is -0.0827 e. The minimum absolute atomic E-state index is 0.254. The molecule has 100 valence electrons. The Morgan fingerprint density at radius 2 is 0.950 bits per heavy atom. The van der Waals surface area contributed by atoms with Crippen LogP contribution in [-0.2, 0) is 10.8 Å². The summed E-state index contributed by atoms with van der Waals surface area (Å²) < 4.78 is 0.508. The summed E-state index contributed by atoms with van der Waals surface area (Å²) in [4.78, 5) is 0. The SMILES string of the molecule is Br[C@@]12C[C@]1(c1ccccc1)[C@@]1(c3ccccc3)C[C@@]21Br. The average molecular weight is 390 g/mol. The molecule has 0 unspecified atom stereocenters. The number of hydrogen-bond donors (Lipinski definition) is 0. The van der Waals surface area contributed by atoms with Crippen molar-refractivity contribution in [2.75, 3.05) is 0 Å². The van der Waals surface area contributed by atoms with Crippen LogP contribution in [0.2, 0.25) is 0 Å². The third-order valence-corrected chi connectivity index (χ3v) is 9.81. The third-order valence-electron chi connectivity index (χ3n) is 6.01. The molecular formula is C18H14Br2. The molecule has 0 bridgehead atoms. The zero-order valence-electron chi connectivity index (χ0n) is 10.9. The van der Waals surface area contributed by atoms with Gasteiger partial charge in [0.25, 0.3) is 0 Å². The fourth-order valence-corrected chi connectivity index (χ4v) is 8.05. The van der Waals surface area contributed by atoms with E-state index in [-0.39, 0.29) is 19.5 Å². The number of rotatable bonds is 2. The van der Waals surface area contributed by atoms with Gasteiger partial charge in [-0.25, -0.2) is 0 Å². The summed E-state index contributed by atoms with van der Waals surface area (Å²) in [6.45, 7) is 0. The minimum atomic E-state index is 0.254. The molecule has 0 saturated heterocycles. The summed E-state index contributed by atoms with van der Waals surface area (Å²) in [7, 11) is 0. The Kier molecular flexibility index (Phi) is 1.95. The fourth-order valence-electron chi connectivity index (χ4n) is 5.11. The molecule has 2 aromatic carbocycles. The molecule has 3 saturated carbocycles. The van der Waals surface area contributed by atoms with Gasteiger partial charge in [-0.3, -0.25) is 0 Å². The lowest BCUT2D eigenvalue weighted by Crippen LogP contribution is -2.53. The first-order valence-corrected chi connectivity index (χ1v) is 8.70. The maximum absolute atomic E-state index is 4.08. The highest BCUT2D eigenvalue weighted by Gasteiger charge is 3.05. The molecule has 0 radical (unpaired) electrons. The number of alkyl halides is 2. The summed E-state index contributed by atoms with van der Waals surface area (Å²) in [5.74, 6) is 0. The summed E-state index contributed by atoms with van der Waals surface area (Å²) in [6, 6.07) is 22.1. The van der Waals surface area contributed by atoms with Gasteiger partial charge in [0.2, 0.25) is 0 Å². The molecule has 0 nitrogen and oxygen atoms in total. The Bertz CT molecular complexity index is 649. The van der Waals surface area contributed by atoms with Gasteiger partial charge in [0.05, 0.1) is 8.65 Å². The lowest BCUT2D eigenvalue weighted by Gasteiger charge is -2.46. The highest BCUT2D eigenvalue weighted by molar-refractivity contribution is 9.13. The highest BCUT2D eigenvalue weighted by Crippen LogP contribution is 3.00. The fraction of sp³-hybridized carbons (Fsp3) is 0.333. The van der Waals surface area contributed by atoms with Crippen LogP contribution in [0.5, 0.6) is 0 Å². The van der Waals surface area contributed by atoms with E-state index in [1.54, 1.807) is 0 Å². The van der Waals surface area contributed by atoms with E-state index in [0.29, 0.717) is 0 Å². The molecule has 3 fully saturated rings. The average Bonchev–Trinajstić information content (AvgIpc) is 3.32. The first-order chi connectivity index (χ1) is 9.62. The van der Waals surface area contributed by atoms with E-state index >= 15 is 0 Å². The second-order valence-electron chi connectivity index (χ2n) is 6.50. The van der Waals surface area contributed by atoms with Gasteiger partial charge in [0, 0.05) is 10.8 Å². The number of benzene rings is 2. The number of fused-ring (bicyclic) bond motifs is 4. The molecule has 0 aromatic heterocycles. The van der Waals surface area contributed by atoms with E-state index < -0.39 is 0 Å². The van der Waals surface area contributed by atoms with Crippen LogP contribution in [0.3, 0.4) is 0 Å². The molecule has 3 aliphatic rings. The first kappa shape index (κ1) is 12.0. The summed E-state index contributed by atoms with van der Waals surface area (Å²) in [5, 5.41) is 0. The van der Waals surface area contributed by atoms with Crippen molar-refractivity contribution in [1.29, 1.82) is 0 Å². The quantitative estimate of drug-likeness (QED) is 0.637. The van der Waals surface area contributed by atoms with Gasteiger partial charge in [-0.1, -0.05) is 92.5 Å². The zero-order valence-corrected chi connectivity index (χ0v) is 14.1. The molecular weight excluding hydrogens is 376 g/mol. The molecule has 0 N–H and O–H groups in total. The van der Waals surface area contributed by atoms with Crippen molar-refractivity contribution >= 4 is 31.9 Å². The molecule has 2 aromatic rings. The molecule has 0 spiro atoms. The Labute approximate surface area is 135 Å². The van der Waals surface area contributed by atoms with Crippen LogP contribution in [0.25, 0.3) is 0 Å². The van der Waals surface area contributed by atoms with Crippen molar-refractivity contribution in [3.8, 4) is 0 Å². The molecule has 4 atom stereocenters. The monoisotopic (exact) mass is 388 g/mol. The van der Waals surface area contributed by atoms with E-state index in [1.807, 2.05) is 0 Å². The maximum Gasteiger partial charge on any atom is 0.0535 e. The van der Waals surface area contributed by atoms with Crippen molar-refractivity contribution in [2.24, 2.45) is 0 Å². The van der Waals surface area contributed by atoms with Gasteiger partial charge in [0.1, 0.15) is 0 Å². The van der Waals surface area contributed by atoms with Gasteiger partial charge >= 0.3 is 0 Å². The van der Waals surface area contributed by atoms with Crippen molar-refractivity contribution in [3.05, 3.63) is 71.8 Å². The van der Waals surface area contributed by atoms with Gasteiger partial charge in [-0.05, 0) is 24.0 Å². The Hall–Kier alpha value is -0.600. The van der Waals surface area contributed by atoms with Crippen molar-refractivity contribution in [3.63, 3.8) is 0 Å². The molecule has 0 heterocycles. The zero-order chi connectivity index (χ0) is 13.6. The second-order valence-corrected chi connectivity index (χ2v) is 9.21. The van der Waals surface area contributed by atoms with Gasteiger partial charge in [0.15, 0.2) is 0 Å². The predicted molar refractivity (Wildman–Crippen MR) is 88.8 cm³/mol. The first-order valence-electron chi connectivity index (χ1n) is 7.11. The predicted octanol–water partition coefficient (Wildman–Crippen LogP) is 4.95. The molecule has 20 heavy (non-hydrogen) atoms. The summed E-state index contributed by atoms with van der Waals surface area (Å²) >= 11 is 8.16. The summed E-state index contributed by atoms with van der Waals surface area (Å²) in [6.07, 6.45) is 2.48. The number of hydrogen-bond acceptors (Lipinski definition) is 0. The van der Waals surface area contributed by atoms with E-state index in [2.05, 4.69) is 92.5 Å². The molecule has 0 amide bonds. The normalized spacial score (nSPS) is 46.9. The maximum atomic E-state index is 4.08. The summed E-state index contributed by atoms with van der Waals surface area (Å²) in [5.41, 5.74) is 3.56. The van der Waals surface area contributed by atoms with Gasteiger partial charge < -0.3 is 0 Å². The van der Waals surface area contributed by atoms with Crippen LogP contribution < -0.4 is 0 Å². The molecule has 3 aliphatic carbocycles. The molecule has 0 aliphatic heterocycles.